The molecule has 0 spiro atoms. The van der Waals surface area contributed by atoms with Gasteiger partial charge >= 0.3 is 6.18 Å². The number of hydrogen-bond donors (Lipinski definition) is 1. The molecule has 0 unspecified atom stereocenters. The van der Waals surface area contributed by atoms with Crippen LogP contribution < -0.4 is 0 Å². The molecule has 1 heterocycles. The molecule has 1 aromatic heterocycles. The number of hydrogen-bond acceptors (Lipinski definition) is 2. The second kappa shape index (κ2) is 5.31. The van der Waals surface area contributed by atoms with Gasteiger partial charge in [0.2, 0.25) is 0 Å². The van der Waals surface area contributed by atoms with Crippen LogP contribution in [0.5, 0.6) is 5.75 Å². The van der Waals surface area contributed by atoms with Gasteiger partial charge in [-0.2, -0.15) is 13.2 Å². The van der Waals surface area contributed by atoms with Gasteiger partial charge in [0.05, 0.1) is 5.52 Å². The van der Waals surface area contributed by atoms with E-state index in [2.05, 4.69) is 4.98 Å². The van der Waals surface area contributed by atoms with Gasteiger partial charge in [0, 0.05) is 17.5 Å². The Bertz CT molecular complexity index is 635. The number of nitrogens with zero attached hydrogens (tertiary/aromatic N) is 1. The van der Waals surface area contributed by atoms with Crippen LogP contribution >= 0.6 is 0 Å². The van der Waals surface area contributed by atoms with Crippen molar-refractivity contribution >= 4 is 10.9 Å². The number of fused-ring (bicyclic) bond motifs is 1. The molecule has 0 saturated carbocycles. The molecule has 0 aliphatic heterocycles. The van der Waals surface area contributed by atoms with Crippen LogP contribution in [0.15, 0.2) is 18.2 Å². The molecule has 1 aromatic carbocycles. The van der Waals surface area contributed by atoms with Crippen molar-refractivity contribution in [1.82, 2.24) is 4.98 Å². The van der Waals surface area contributed by atoms with Crippen LogP contribution in [0.4, 0.5) is 13.2 Å². The van der Waals surface area contributed by atoms with E-state index < -0.39 is 12.6 Å². The molecule has 0 atom stereocenters. The van der Waals surface area contributed by atoms with E-state index in [9.17, 15) is 18.3 Å². The van der Waals surface area contributed by atoms with E-state index in [0.29, 0.717) is 10.9 Å². The Morgan fingerprint density at radius 1 is 1.20 bits per heavy atom. The zero-order chi connectivity index (χ0) is 14.9. The summed E-state index contributed by atoms with van der Waals surface area (Å²) in [6.07, 6.45) is -4.67. The fourth-order valence-electron chi connectivity index (χ4n) is 2.38. The largest absolute Gasteiger partial charge is 0.507 e. The molecule has 20 heavy (non-hydrogen) atoms. The highest BCUT2D eigenvalue weighted by Gasteiger charge is 2.26. The Morgan fingerprint density at radius 2 is 1.90 bits per heavy atom. The predicted octanol–water partition coefficient (Wildman–Crippen LogP) is 4.44. The van der Waals surface area contributed by atoms with Gasteiger partial charge in [-0.3, -0.25) is 4.98 Å². The number of alkyl halides is 3. The first-order chi connectivity index (χ1) is 9.29. The van der Waals surface area contributed by atoms with E-state index >= 15 is 0 Å². The van der Waals surface area contributed by atoms with Gasteiger partial charge in [-0.1, -0.05) is 6.07 Å². The highest BCUT2D eigenvalue weighted by Crippen LogP contribution is 2.32. The summed E-state index contributed by atoms with van der Waals surface area (Å²) in [6.45, 7) is 3.66. The number of pyridine rings is 1. The molecule has 0 aliphatic rings. The lowest BCUT2D eigenvalue weighted by Gasteiger charge is -2.14. The summed E-state index contributed by atoms with van der Waals surface area (Å²) in [5.41, 5.74) is 3.01. The van der Waals surface area contributed by atoms with Crippen LogP contribution in [-0.4, -0.2) is 16.3 Å². The number of halogens is 3. The van der Waals surface area contributed by atoms with E-state index in [1.54, 1.807) is 12.1 Å². The molecule has 0 aliphatic carbocycles. The second-order valence-electron chi connectivity index (χ2n) is 4.94. The third-order valence-corrected chi connectivity index (χ3v) is 3.49. The van der Waals surface area contributed by atoms with E-state index in [-0.39, 0.29) is 18.6 Å². The molecule has 2 aromatic rings. The van der Waals surface area contributed by atoms with Gasteiger partial charge in [0.15, 0.2) is 0 Å². The third-order valence-electron chi connectivity index (χ3n) is 3.49. The number of rotatable bonds is 3. The Hall–Kier alpha value is -1.78. The van der Waals surface area contributed by atoms with Gasteiger partial charge in [0.25, 0.3) is 0 Å². The van der Waals surface area contributed by atoms with Crippen molar-refractivity contribution in [2.24, 2.45) is 0 Å². The van der Waals surface area contributed by atoms with Crippen LogP contribution in [0.3, 0.4) is 0 Å². The van der Waals surface area contributed by atoms with Crippen LogP contribution in [0.1, 0.15) is 29.7 Å². The molecule has 0 saturated heterocycles. The predicted molar refractivity (Wildman–Crippen MR) is 71.9 cm³/mol. The smallest absolute Gasteiger partial charge is 0.389 e. The lowest BCUT2D eigenvalue weighted by Crippen LogP contribution is -2.08. The van der Waals surface area contributed by atoms with E-state index in [1.165, 1.54) is 6.07 Å². The van der Waals surface area contributed by atoms with Gasteiger partial charge in [-0.25, -0.2) is 0 Å². The number of benzene rings is 1. The summed E-state index contributed by atoms with van der Waals surface area (Å²) < 4.78 is 36.8. The average molecular weight is 283 g/mol. The molecule has 0 amide bonds. The fourth-order valence-corrected chi connectivity index (χ4v) is 2.38. The standard InChI is InChI=1S/C15H16F3NO/c1-9-10(2)19-12-6-3-7-13(20)14(12)11(9)5-4-8-15(16,17)18/h3,6-7,20H,4-5,8H2,1-2H3. The minimum absolute atomic E-state index is 0.0111. The minimum Gasteiger partial charge on any atom is -0.507 e. The van der Waals surface area contributed by atoms with Crippen molar-refractivity contribution in [3.8, 4) is 5.75 Å². The monoisotopic (exact) mass is 283 g/mol. The molecule has 108 valence electrons. The number of aryl methyl sites for hydroxylation is 2. The van der Waals surface area contributed by atoms with Crippen molar-refractivity contribution in [2.45, 2.75) is 39.3 Å². The fraction of sp³-hybridized carbons (Fsp3) is 0.400. The first kappa shape index (κ1) is 14.6. The van der Waals surface area contributed by atoms with E-state index in [4.69, 9.17) is 0 Å². The zero-order valence-electron chi connectivity index (χ0n) is 11.4. The lowest BCUT2D eigenvalue weighted by molar-refractivity contribution is -0.135. The molecule has 0 fully saturated rings. The molecule has 5 heteroatoms. The molecular formula is C15H16F3NO. The Morgan fingerprint density at radius 3 is 2.55 bits per heavy atom. The van der Waals surface area contributed by atoms with Crippen molar-refractivity contribution < 1.29 is 18.3 Å². The van der Waals surface area contributed by atoms with Gasteiger partial charge in [-0.15, -0.1) is 0 Å². The molecule has 0 radical (unpaired) electrons. The van der Waals surface area contributed by atoms with Crippen molar-refractivity contribution in [3.63, 3.8) is 0 Å². The average Bonchev–Trinajstić information content (AvgIpc) is 2.33. The zero-order valence-corrected chi connectivity index (χ0v) is 11.4. The van der Waals surface area contributed by atoms with Gasteiger partial charge < -0.3 is 5.11 Å². The Labute approximate surface area is 115 Å². The molecule has 0 bridgehead atoms. The third kappa shape index (κ3) is 3.03. The molecule has 1 N–H and O–H groups in total. The van der Waals surface area contributed by atoms with Crippen LogP contribution in [-0.2, 0) is 6.42 Å². The molecular weight excluding hydrogens is 267 g/mol. The second-order valence-corrected chi connectivity index (χ2v) is 4.94. The number of phenolic OH excluding ortho intramolecular Hbond substituents is 1. The Balaban J connectivity index is 2.42. The first-order valence-corrected chi connectivity index (χ1v) is 6.44. The lowest BCUT2D eigenvalue weighted by atomic mass is 9.96. The highest BCUT2D eigenvalue weighted by atomic mass is 19.4. The first-order valence-electron chi connectivity index (χ1n) is 6.44. The maximum absolute atomic E-state index is 12.3. The van der Waals surface area contributed by atoms with Crippen LogP contribution in [0, 0.1) is 13.8 Å². The highest BCUT2D eigenvalue weighted by molar-refractivity contribution is 5.89. The maximum Gasteiger partial charge on any atom is 0.389 e. The van der Waals surface area contributed by atoms with Crippen molar-refractivity contribution in [3.05, 3.63) is 35.0 Å². The maximum atomic E-state index is 12.3. The summed E-state index contributed by atoms with van der Waals surface area (Å²) in [6, 6.07) is 4.97. The van der Waals surface area contributed by atoms with Gasteiger partial charge in [-0.05, 0) is 49.9 Å². The van der Waals surface area contributed by atoms with Crippen LogP contribution in [0.25, 0.3) is 10.9 Å². The van der Waals surface area contributed by atoms with Gasteiger partial charge in [0.1, 0.15) is 5.75 Å². The number of phenols is 1. The SMILES string of the molecule is Cc1nc2cccc(O)c2c(CCCC(F)(F)F)c1C. The minimum atomic E-state index is -4.15. The quantitative estimate of drug-likeness (QED) is 0.903. The number of aromatic hydroxyl groups is 1. The van der Waals surface area contributed by atoms with Crippen molar-refractivity contribution in [1.29, 1.82) is 0 Å². The number of aromatic nitrogens is 1. The van der Waals surface area contributed by atoms with E-state index in [0.717, 1.165) is 16.8 Å². The summed E-state index contributed by atoms with van der Waals surface area (Å²) in [5, 5.41) is 10.5. The molecule has 2 rings (SSSR count). The van der Waals surface area contributed by atoms with Crippen molar-refractivity contribution in [2.75, 3.05) is 0 Å². The summed E-state index contributed by atoms with van der Waals surface area (Å²) in [7, 11) is 0. The van der Waals surface area contributed by atoms with E-state index in [1.807, 2.05) is 13.8 Å². The normalized spacial score (nSPS) is 12.1. The summed E-state index contributed by atoms with van der Waals surface area (Å²) >= 11 is 0. The summed E-state index contributed by atoms with van der Waals surface area (Å²) in [5.74, 6) is 0.0695. The Kier molecular flexibility index (Phi) is 3.88. The topological polar surface area (TPSA) is 33.1 Å². The summed E-state index contributed by atoms with van der Waals surface area (Å²) in [4.78, 5) is 4.37. The van der Waals surface area contributed by atoms with Crippen LogP contribution in [0.2, 0.25) is 0 Å². The molecule has 2 nitrogen and oxygen atoms in total.